The van der Waals surface area contributed by atoms with Crippen LogP contribution in [0.15, 0.2) is 4.40 Å². The molecule has 0 radical (unpaired) electrons. The van der Waals surface area contributed by atoms with Crippen LogP contribution in [0.2, 0.25) is 0 Å². The average Bonchev–Trinajstić information content (AvgIpc) is 2.33. The quantitative estimate of drug-likeness (QED) is 0.752. The van der Waals surface area contributed by atoms with Gasteiger partial charge in [0.15, 0.2) is 0 Å². The van der Waals surface area contributed by atoms with Gasteiger partial charge in [-0.1, -0.05) is 34.1 Å². The maximum atomic E-state index is 12.5. The van der Waals surface area contributed by atoms with Gasteiger partial charge in [-0.25, -0.2) is 8.42 Å². The first-order valence-electron chi connectivity index (χ1n) is 9.06. The van der Waals surface area contributed by atoms with Crippen molar-refractivity contribution in [3.05, 3.63) is 0 Å². The van der Waals surface area contributed by atoms with Gasteiger partial charge in [0.25, 0.3) is 10.0 Å². The summed E-state index contributed by atoms with van der Waals surface area (Å²) in [6, 6.07) is 0. The summed E-state index contributed by atoms with van der Waals surface area (Å²) >= 11 is 0. The van der Waals surface area contributed by atoms with Crippen LogP contribution in [0.5, 0.6) is 0 Å². The summed E-state index contributed by atoms with van der Waals surface area (Å²) in [5.41, 5.74) is 0.599. The molecular formula is C18H31NO3S. The summed E-state index contributed by atoms with van der Waals surface area (Å²) in [5.74, 6) is 0.939. The van der Waals surface area contributed by atoms with Gasteiger partial charge in [-0.15, -0.1) is 4.40 Å². The van der Waals surface area contributed by atoms with E-state index in [-0.39, 0.29) is 6.10 Å². The molecule has 2 unspecified atom stereocenters. The van der Waals surface area contributed by atoms with E-state index in [4.69, 9.17) is 4.74 Å². The monoisotopic (exact) mass is 341 g/mol. The van der Waals surface area contributed by atoms with Crippen molar-refractivity contribution in [2.75, 3.05) is 0 Å². The lowest BCUT2D eigenvalue weighted by Gasteiger charge is -2.45. The first-order valence-corrected chi connectivity index (χ1v) is 10.6. The zero-order valence-electron chi connectivity index (χ0n) is 15.0. The molecule has 2 saturated carbocycles. The molecule has 1 heterocycles. The highest BCUT2D eigenvalue weighted by molar-refractivity contribution is 7.91. The molecule has 0 bridgehead atoms. The number of rotatable bonds is 2. The first-order chi connectivity index (χ1) is 10.6. The van der Waals surface area contributed by atoms with Crippen LogP contribution >= 0.6 is 0 Å². The van der Waals surface area contributed by atoms with Gasteiger partial charge in [-0.05, 0) is 55.3 Å². The molecule has 0 aromatic carbocycles. The number of hydrogen-bond acceptors (Lipinski definition) is 3. The van der Waals surface area contributed by atoms with Crippen LogP contribution in [0.4, 0.5) is 0 Å². The minimum Gasteiger partial charge on any atom is -0.475 e. The zero-order chi connectivity index (χ0) is 16.9. The van der Waals surface area contributed by atoms with E-state index in [1.54, 1.807) is 0 Å². The Hall–Kier alpha value is -0.580. The largest absolute Gasteiger partial charge is 0.475 e. The Bertz CT molecular complexity index is 575. The van der Waals surface area contributed by atoms with Crippen LogP contribution in [0.3, 0.4) is 0 Å². The van der Waals surface area contributed by atoms with E-state index >= 15 is 0 Å². The summed E-state index contributed by atoms with van der Waals surface area (Å²) in [6.45, 7) is 9.27. The minimum atomic E-state index is -3.38. The summed E-state index contributed by atoms with van der Waals surface area (Å²) in [6.07, 6.45) is 7.55. The minimum absolute atomic E-state index is 0.161. The molecule has 0 spiro atoms. The van der Waals surface area contributed by atoms with Crippen molar-refractivity contribution in [1.29, 1.82) is 0 Å². The molecule has 4 nitrogen and oxygen atoms in total. The predicted molar refractivity (Wildman–Crippen MR) is 93.0 cm³/mol. The van der Waals surface area contributed by atoms with Gasteiger partial charge >= 0.3 is 0 Å². The van der Waals surface area contributed by atoms with Crippen LogP contribution in [0, 0.1) is 16.7 Å². The molecule has 0 saturated heterocycles. The molecule has 3 aliphatic rings. The summed E-state index contributed by atoms with van der Waals surface area (Å²) < 4.78 is 35.0. The van der Waals surface area contributed by atoms with Crippen molar-refractivity contribution in [1.82, 2.24) is 0 Å². The highest BCUT2D eigenvalue weighted by Gasteiger charge is 2.43. The van der Waals surface area contributed by atoms with Gasteiger partial charge in [-0.3, -0.25) is 0 Å². The number of sulfonamides is 1. The van der Waals surface area contributed by atoms with Gasteiger partial charge in [-0.2, -0.15) is 0 Å². The number of ether oxygens (including phenoxy) is 1. The van der Waals surface area contributed by atoms with Crippen LogP contribution in [0.1, 0.15) is 79.1 Å². The lowest BCUT2D eigenvalue weighted by atomic mass is 9.61. The second kappa shape index (κ2) is 5.75. The Morgan fingerprint density at radius 3 is 2.35 bits per heavy atom. The Morgan fingerprint density at radius 2 is 1.70 bits per heavy atom. The molecule has 2 aliphatic carbocycles. The highest BCUT2D eigenvalue weighted by atomic mass is 32.2. The predicted octanol–water partition coefficient (Wildman–Crippen LogP) is 4.30. The SMILES string of the molecule is CC1(C)CC(CC2=NS(=O)(=O)C3CCCCC3O2)CC(C)(C)C1. The topological polar surface area (TPSA) is 55.7 Å². The molecule has 2 fully saturated rings. The maximum Gasteiger partial charge on any atom is 0.262 e. The second-order valence-electron chi connectivity index (χ2n) is 9.46. The Balaban J connectivity index is 1.76. The molecule has 2 atom stereocenters. The molecular weight excluding hydrogens is 310 g/mol. The number of hydrogen-bond donors (Lipinski definition) is 0. The third kappa shape index (κ3) is 3.92. The Labute approximate surface area is 141 Å². The fraction of sp³-hybridized carbons (Fsp3) is 0.944. The van der Waals surface area contributed by atoms with E-state index in [9.17, 15) is 8.42 Å². The smallest absolute Gasteiger partial charge is 0.262 e. The lowest BCUT2D eigenvalue weighted by molar-refractivity contribution is 0.0641. The summed E-state index contributed by atoms with van der Waals surface area (Å²) in [4.78, 5) is 0. The van der Waals surface area contributed by atoms with Crippen molar-refractivity contribution in [3.63, 3.8) is 0 Å². The normalized spacial score (nSPS) is 35.7. The summed E-state index contributed by atoms with van der Waals surface area (Å²) in [5, 5.41) is -0.403. The van der Waals surface area contributed by atoms with E-state index in [1.165, 1.54) is 6.42 Å². The second-order valence-corrected chi connectivity index (χ2v) is 11.3. The lowest BCUT2D eigenvalue weighted by Crippen LogP contribution is -2.44. The molecule has 23 heavy (non-hydrogen) atoms. The molecule has 5 heteroatoms. The van der Waals surface area contributed by atoms with Gasteiger partial charge in [0, 0.05) is 6.42 Å². The van der Waals surface area contributed by atoms with Crippen LogP contribution in [-0.2, 0) is 14.8 Å². The van der Waals surface area contributed by atoms with E-state index < -0.39 is 15.3 Å². The number of nitrogens with zero attached hydrogens (tertiary/aromatic N) is 1. The van der Waals surface area contributed by atoms with Crippen molar-refractivity contribution < 1.29 is 13.2 Å². The van der Waals surface area contributed by atoms with Gasteiger partial charge < -0.3 is 4.74 Å². The fourth-order valence-electron chi connectivity index (χ4n) is 5.50. The van der Waals surface area contributed by atoms with Crippen molar-refractivity contribution in [2.45, 2.75) is 90.4 Å². The molecule has 0 N–H and O–H groups in total. The fourth-order valence-corrected chi connectivity index (χ4v) is 7.07. The van der Waals surface area contributed by atoms with Crippen LogP contribution < -0.4 is 0 Å². The molecule has 3 rings (SSSR count). The van der Waals surface area contributed by atoms with Crippen molar-refractivity contribution in [3.8, 4) is 0 Å². The third-order valence-electron chi connectivity index (χ3n) is 5.64. The molecule has 0 amide bonds. The molecule has 0 aromatic heterocycles. The Morgan fingerprint density at radius 1 is 1.09 bits per heavy atom. The first kappa shape index (κ1) is 17.2. The van der Waals surface area contributed by atoms with E-state index in [1.807, 2.05) is 0 Å². The molecule has 0 aromatic rings. The van der Waals surface area contributed by atoms with Gasteiger partial charge in [0.1, 0.15) is 11.4 Å². The van der Waals surface area contributed by atoms with Gasteiger partial charge in [0.05, 0.1) is 0 Å². The van der Waals surface area contributed by atoms with E-state index in [2.05, 4.69) is 32.1 Å². The zero-order valence-corrected chi connectivity index (χ0v) is 15.8. The molecule has 132 valence electrons. The van der Waals surface area contributed by atoms with Crippen LogP contribution in [-0.4, -0.2) is 25.7 Å². The average molecular weight is 342 g/mol. The third-order valence-corrected chi connectivity index (χ3v) is 7.41. The summed E-state index contributed by atoms with van der Waals surface area (Å²) in [7, 11) is -3.38. The standard InChI is InChI=1S/C18H31NO3S/c1-17(2)10-13(11-18(3,4)12-17)9-16-19-23(20,21)15-8-6-5-7-14(15)22-16/h13-15H,5-12H2,1-4H3. The van der Waals surface area contributed by atoms with Crippen LogP contribution in [0.25, 0.3) is 0 Å². The van der Waals surface area contributed by atoms with Crippen molar-refractivity contribution >= 4 is 15.9 Å². The van der Waals surface area contributed by atoms with Crippen molar-refractivity contribution in [2.24, 2.45) is 21.1 Å². The van der Waals surface area contributed by atoms with E-state index in [0.717, 1.165) is 32.1 Å². The highest BCUT2D eigenvalue weighted by Crippen LogP contribution is 2.49. The Kier molecular flexibility index (Phi) is 4.31. The van der Waals surface area contributed by atoms with E-state index in [0.29, 0.717) is 35.5 Å². The maximum absolute atomic E-state index is 12.5. The van der Waals surface area contributed by atoms with Gasteiger partial charge in [0.2, 0.25) is 5.90 Å². The number of fused-ring (bicyclic) bond motifs is 1. The molecule has 1 aliphatic heterocycles.